The van der Waals surface area contributed by atoms with Crippen LogP contribution in [0.2, 0.25) is 0 Å². The standard InChI is InChI=1S/C14H24N2O3S2/c1-4-19-14(2,3)10-16-21(17,18)13-8-7-12(20-13)9-15-11-5-6-11/h7-8,11,15-16H,4-6,9-10H2,1-3H3. The van der Waals surface area contributed by atoms with Gasteiger partial charge in [-0.15, -0.1) is 11.3 Å². The third kappa shape index (κ3) is 5.34. The van der Waals surface area contributed by atoms with E-state index < -0.39 is 15.6 Å². The van der Waals surface area contributed by atoms with E-state index >= 15 is 0 Å². The second-order valence-electron chi connectivity index (χ2n) is 5.89. The van der Waals surface area contributed by atoms with Gasteiger partial charge in [0.05, 0.1) is 5.60 Å². The van der Waals surface area contributed by atoms with E-state index in [0.717, 1.165) is 11.4 Å². The highest BCUT2D eigenvalue weighted by Crippen LogP contribution is 2.24. The zero-order valence-electron chi connectivity index (χ0n) is 12.8. The molecule has 1 aromatic rings. The molecule has 0 aromatic carbocycles. The zero-order valence-corrected chi connectivity index (χ0v) is 14.4. The Kier molecular flexibility index (Phi) is 5.43. The first-order valence-electron chi connectivity index (χ1n) is 7.28. The summed E-state index contributed by atoms with van der Waals surface area (Å²) in [5.74, 6) is 0. The lowest BCUT2D eigenvalue weighted by atomic mass is 10.1. The van der Waals surface area contributed by atoms with E-state index in [1.807, 2.05) is 26.8 Å². The normalized spacial score (nSPS) is 16.3. The Morgan fingerprint density at radius 2 is 2.10 bits per heavy atom. The summed E-state index contributed by atoms with van der Waals surface area (Å²) in [4.78, 5) is 1.05. The van der Waals surface area contributed by atoms with Gasteiger partial charge < -0.3 is 10.1 Å². The van der Waals surface area contributed by atoms with Crippen molar-refractivity contribution in [2.75, 3.05) is 13.2 Å². The molecule has 2 rings (SSSR count). The monoisotopic (exact) mass is 332 g/mol. The molecule has 21 heavy (non-hydrogen) atoms. The van der Waals surface area contributed by atoms with Crippen LogP contribution >= 0.6 is 11.3 Å². The Labute approximate surface area is 131 Å². The Morgan fingerprint density at radius 1 is 1.38 bits per heavy atom. The van der Waals surface area contributed by atoms with Crippen LogP contribution in [0.3, 0.4) is 0 Å². The van der Waals surface area contributed by atoms with E-state index in [-0.39, 0.29) is 6.54 Å². The van der Waals surface area contributed by atoms with Gasteiger partial charge in [-0.1, -0.05) is 0 Å². The van der Waals surface area contributed by atoms with Crippen LogP contribution < -0.4 is 10.0 Å². The predicted molar refractivity (Wildman–Crippen MR) is 85.1 cm³/mol. The lowest BCUT2D eigenvalue weighted by molar-refractivity contribution is -0.00514. The molecule has 5 nitrogen and oxygen atoms in total. The fraction of sp³-hybridized carbons (Fsp3) is 0.714. The van der Waals surface area contributed by atoms with Gasteiger partial charge >= 0.3 is 0 Å². The van der Waals surface area contributed by atoms with Crippen LogP contribution in [0, 0.1) is 0 Å². The van der Waals surface area contributed by atoms with Crippen LogP contribution in [0.1, 0.15) is 38.5 Å². The molecule has 2 N–H and O–H groups in total. The van der Waals surface area contributed by atoms with Crippen molar-refractivity contribution in [2.45, 2.75) is 56.0 Å². The number of thiophene rings is 1. The summed E-state index contributed by atoms with van der Waals surface area (Å²) in [5, 5.41) is 3.39. The second-order valence-corrected chi connectivity index (χ2v) is 9.06. The number of ether oxygens (including phenoxy) is 1. The summed E-state index contributed by atoms with van der Waals surface area (Å²) in [6.07, 6.45) is 2.45. The summed E-state index contributed by atoms with van der Waals surface area (Å²) in [5.41, 5.74) is -0.505. The highest BCUT2D eigenvalue weighted by atomic mass is 32.2. The van der Waals surface area contributed by atoms with Gasteiger partial charge in [-0.25, -0.2) is 13.1 Å². The Bertz CT molecular complexity index is 563. The SMILES string of the molecule is CCOC(C)(C)CNS(=O)(=O)c1ccc(CNC2CC2)s1. The van der Waals surface area contributed by atoms with E-state index in [9.17, 15) is 8.42 Å². The maximum Gasteiger partial charge on any atom is 0.250 e. The summed E-state index contributed by atoms with van der Waals surface area (Å²) < 4.78 is 33.0. The van der Waals surface area contributed by atoms with Crippen molar-refractivity contribution in [1.29, 1.82) is 0 Å². The first-order valence-corrected chi connectivity index (χ1v) is 9.58. The van der Waals surface area contributed by atoms with Gasteiger partial charge in [0.25, 0.3) is 0 Å². The molecule has 1 heterocycles. The predicted octanol–water partition coefficient (Wildman–Crippen LogP) is 2.09. The fourth-order valence-corrected chi connectivity index (χ4v) is 4.46. The summed E-state index contributed by atoms with van der Waals surface area (Å²) >= 11 is 1.32. The molecule has 0 aliphatic heterocycles. The van der Waals surface area contributed by atoms with Crippen molar-refractivity contribution in [3.63, 3.8) is 0 Å². The highest BCUT2D eigenvalue weighted by molar-refractivity contribution is 7.91. The topological polar surface area (TPSA) is 67.4 Å². The highest BCUT2D eigenvalue weighted by Gasteiger charge is 2.24. The number of rotatable bonds is 9. The molecule has 0 atom stereocenters. The van der Waals surface area contributed by atoms with Gasteiger partial charge in [0.1, 0.15) is 4.21 Å². The van der Waals surface area contributed by atoms with E-state index in [1.165, 1.54) is 24.2 Å². The van der Waals surface area contributed by atoms with Crippen LogP contribution in [0.15, 0.2) is 16.3 Å². The van der Waals surface area contributed by atoms with Gasteiger partial charge in [0.15, 0.2) is 0 Å². The molecular formula is C14H24N2O3S2. The van der Waals surface area contributed by atoms with Gasteiger partial charge in [-0.2, -0.15) is 0 Å². The van der Waals surface area contributed by atoms with Crippen molar-refractivity contribution < 1.29 is 13.2 Å². The zero-order chi connectivity index (χ0) is 15.5. The van der Waals surface area contributed by atoms with E-state index in [1.54, 1.807) is 6.07 Å². The van der Waals surface area contributed by atoms with Gasteiger partial charge in [0.2, 0.25) is 10.0 Å². The third-order valence-electron chi connectivity index (χ3n) is 3.27. The van der Waals surface area contributed by atoms with E-state index in [2.05, 4.69) is 10.0 Å². The van der Waals surface area contributed by atoms with Crippen molar-refractivity contribution in [3.8, 4) is 0 Å². The molecule has 120 valence electrons. The summed E-state index contributed by atoms with van der Waals surface area (Å²) in [6.45, 7) is 7.21. The molecule has 0 saturated heterocycles. The minimum absolute atomic E-state index is 0.261. The molecule has 0 bridgehead atoms. The van der Waals surface area contributed by atoms with E-state index in [0.29, 0.717) is 16.9 Å². The number of hydrogen-bond donors (Lipinski definition) is 2. The van der Waals surface area contributed by atoms with Crippen LogP contribution in [0.25, 0.3) is 0 Å². The van der Waals surface area contributed by atoms with Gasteiger partial charge in [-0.05, 0) is 45.7 Å². The van der Waals surface area contributed by atoms with Crippen LogP contribution in [0.5, 0.6) is 0 Å². The lowest BCUT2D eigenvalue weighted by Crippen LogP contribution is -2.40. The van der Waals surface area contributed by atoms with Crippen LogP contribution in [0.4, 0.5) is 0 Å². The first kappa shape index (κ1) is 16.9. The Balaban J connectivity index is 1.92. The summed E-state index contributed by atoms with van der Waals surface area (Å²) in [7, 11) is -3.45. The maximum absolute atomic E-state index is 12.3. The molecule has 1 saturated carbocycles. The Morgan fingerprint density at radius 3 is 2.71 bits per heavy atom. The van der Waals surface area contributed by atoms with E-state index in [4.69, 9.17) is 4.74 Å². The minimum atomic E-state index is -3.45. The fourth-order valence-electron chi connectivity index (χ4n) is 1.91. The van der Waals surface area contributed by atoms with Crippen LogP contribution in [-0.2, 0) is 21.3 Å². The third-order valence-corrected chi connectivity index (χ3v) is 6.25. The molecule has 0 spiro atoms. The number of sulfonamides is 1. The molecule has 7 heteroatoms. The molecule has 0 radical (unpaired) electrons. The summed E-state index contributed by atoms with van der Waals surface area (Å²) in [6, 6.07) is 4.17. The average molecular weight is 332 g/mol. The molecular weight excluding hydrogens is 308 g/mol. The number of hydrogen-bond acceptors (Lipinski definition) is 5. The Hall–Kier alpha value is -0.470. The smallest absolute Gasteiger partial charge is 0.250 e. The van der Waals surface area contributed by atoms with Gasteiger partial charge in [-0.3, -0.25) is 0 Å². The largest absolute Gasteiger partial charge is 0.375 e. The van der Waals surface area contributed by atoms with Crippen molar-refractivity contribution in [3.05, 3.63) is 17.0 Å². The maximum atomic E-state index is 12.3. The molecule has 1 aliphatic rings. The molecule has 1 fully saturated rings. The lowest BCUT2D eigenvalue weighted by Gasteiger charge is -2.24. The first-order chi connectivity index (χ1) is 9.82. The molecule has 1 aromatic heterocycles. The van der Waals surface area contributed by atoms with Crippen molar-refractivity contribution in [2.24, 2.45) is 0 Å². The van der Waals surface area contributed by atoms with Crippen LogP contribution in [-0.4, -0.2) is 33.2 Å². The van der Waals surface area contributed by atoms with Crippen molar-refractivity contribution in [1.82, 2.24) is 10.0 Å². The average Bonchev–Trinajstić information content (AvgIpc) is 3.10. The second kappa shape index (κ2) is 6.75. The molecule has 0 unspecified atom stereocenters. The molecule has 0 amide bonds. The quantitative estimate of drug-likeness (QED) is 0.727. The van der Waals surface area contributed by atoms with Crippen molar-refractivity contribution >= 4 is 21.4 Å². The molecule has 1 aliphatic carbocycles. The minimum Gasteiger partial charge on any atom is -0.375 e. The number of nitrogens with one attached hydrogen (secondary N) is 2. The van der Waals surface area contributed by atoms with Gasteiger partial charge in [0, 0.05) is 30.6 Å².